The van der Waals surface area contributed by atoms with E-state index in [0.717, 1.165) is 24.9 Å². The molecule has 0 saturated carbocycles. The van der Waals surface area contributed by atoms with Crippen molar-refractivity contribution in [2.24, 2.45) is 0 Å². The topological polar surface area (TPSA) is 50.9 Å². The summed E-state index contributed by atoms with van der Waals surface area (Å²) in [7, 11) is 0. The molecule has 0 radical (unpaired) electrons. The number of nitrogens with one attached hydrogen (secondary N) is 1. The van der Waals surface area contributed by atoms with Crippen LogP contribution in [0.5, 0.6) is 0 Å². The molecule has 1 aromatic carbocycles. The van der Waals surface area contributed by atoms with E-state index < -0.39 is 0 Å². The number of benzene rings is 1. The minimum Gasteiger partial charge on any atom is -0.375 e. The van der Waals surface area contributed by atoms with Gasteiger partial charge >= 0.3 is 0 Å². The molecule has 0 fully saturated rings. The predicted molar refractivity (Wildman–Crippen MR) is 73.5 cm³/mol. The van der Waals surface area contributed by atoms with Crippen molar-refractivity contribution in [2.45, 2.75) is 32.2 Å². The first kappa shape index (κ1) is 11.0. The molecule has 1 aromatic heterocycles. The number of nitrogen functional groups attached to an aromatic ring is 1. The lowest BCUT2D eigenvalue weighted by Gasteiger charge is -2.09. The summed E-state index contributed by atoms with van der Waals surface area (Å²) < 4.78 is 1.22. The van der Waals surface area contributed by atoms with Gasteiger partial charge in [0, 0.05) is 6.04 Å². The molecule has 1 aliphatic carbocycles. The van der Waals surface area contributed by atoms with Crippen molar-refractivity contribution in [1.82, 2.24) is 10.3 Å². The highest BCUT2D eigenvalue weighted by Crippen LogP contribution is 2.31. The molecule has 3 N–H and O–H groups in total. The summed E-state index contributed by atoms with van der Waals surface area (Å²) in [6.45, 7) is 3.32. The second-order valence-electron chi connectivity index (χ2n) is 4.70. The summed E-state index contributed by atoms with van der Waals surface area (Å²) in [5, 5.41) is 4.27. The van der Waals surface area contributed by atoms with Crippen LogP contribution in [0.4, 0.5) is 5.13 Å². The molecule has 1 heterocycles. The number of aromatic nitrogens is 1. The van der Waals surface area contributed by atoms with E-state index in [1.165, 1.54) is 22.2 Å². The van der Waals surface area contributed by atoms with Crippen LogP contribution >= 0.6 is 11.3 Å². The molecular weight excluding hydrogens is 230 g/mol. The summed E-state index contributed by atoms with van der Waals surface area (Å²) in [5.74, 6) is 0. The quantitative estimate of drug-likeness (QED) is 0.875. The van der Waals surface area contributed by atoms with Crippen LogP contribution in [0.1, 0.15) is 24.5 Å². The summed E-state index contributed by atoms with van der Waals surface area (Å²) in [6.07, 6.45) is 3.46. The second-order valence-corrected chi connectivity index (χ2v) is 5.76. The Labute approximate surface area is 105 Å². The third kappa shape index (κ3) is 2.03. The molecule has 17 heavy (non-hydrogen) atoms. The van der Waals surface area contributed by atoms with Crippen molar-refractivity contribution >= 4 is 26.7 Å². The third-order valence-corrected chi connectivity index (χ3v) is 4.19. The molecule has 0 bridgehead atoms. The van der Waals surface area contributed by atoms with E-state index in [4.69, 9.17) is 5.73 Å². The highest BCUT2D eigenvalue weighted by Gasteiger charge is 2.21. The third-order valence-electron chi connectivity index (χ3n) is 3.34. The van der Waals surface area contributed by atoms with Crippen LogP contribution in [0.25, 0.3) is 10.2 Å². The normalized spacial score (nSPS) is 18.8. The molecule has 3 nitrogen and oxygen atoms in total. The highest BCUT2D eigenvalue weighted by atomic mass is 32.1. The Hall–Kier alpha value is -1.13. The summed E-state index contributed by atoms with van der Waals surface area (Å²) in [6, 6.07) is 5.09. The Bertz CT molecular complexity index is 504. The molecule has 90 valence electrons. The largest absolute Gasteiger partial charge is 0.375 e. The molecule has 1 aliphatic rings. The van der Waals surface area contributed by atoms with Crippen molar-refractivity contribution < 1.29 is 0 Å². The van der Waals surface area contributed by atoms with Gasteiger partial charge in [-0.25, -0.2) is 4.98 Å². The predicted octanol–water partition coefficient (Wildman–Crippen LogP) is 2.35. The smallest absolute Gasteiger partial charge is 0.181 e. The van der Waals surface area contributed by atoms with Crippen molar-refractivity contribution in [1.29, 1.82) is 0 Å². The standard InChI is InChI=1S/C13H17N3S/c1-2-3-15-10-4-8-6-11-12(7-9(8)5-10)17-13(14)16-11/h6-7,10,15H,2-5H2,1H3,(H2,14,16). The van der Waals surface area contributed by atoms with E-state index in [1.807, 2.05) is 0 Å². The lowest BCUT2D eigenvalue weighted by molar-refractivity contribution is 0.532. The minimum absolute atomic E-state index is 0.610. The molecule has 0 saturated heterocycles. The Morgan fingerprint density at radius 1 is 1.41 bits per heavy atom. The Kier molecular flexibility index (Phi) is 2.76. The Balaban J connectivity index is 1.88. The number of thiazole rings is 1. The van der Waals surface area contributed by atoms with Gasteiger partial charge < -0.3 is 11.1 Å². The van der Waals surface area contributed by atoms with Crippen LogP contribution in [-0.4, -0.2) is 17.6 Å². The van der Waals surface area contributed by atoms with Crippen molar-refractivity contribution in [3.63, 3.8) is 0 Å². The van der Waals surface area contributed by atoms with Gasteiger partial charge in [0.25, 0.3) is 0 Å². The van der Waals surface area contributed by atoms with Gasteiger partial charge in [-0.15, -0.1) is 0 Å². The summed E-state index contributed by atoms with van der Waals surface area (Å²) in [4.78, 5) is 4.35. The zero-order valence-corrected chi connectivity index (χ0v) is 10.8. The van der Waals surface area contributed by atoms with E-state index in [0.29, 0.717) is 11.2 Å². The first-order valence-electron chi connectivity index (χ1n) is 6.17. The molecule has 4 heteroatoms. The van der Waals surface area contributed by atoms with E-state index in [-0.39, 0.29) is 0 Å². The van der Waals surface area contributed by atoms with Gasteiger partial charge in [-0.3, -0.25) is 0 Å². The molecule has 1 atom stereocenters. The number of nitrogens with zero attached hydrogens (tertiary/aromatic N) is 1. The fourth-order valence-electron chi connectivity index (χ4n) is 2.55. The van der Waals surface area contributed by atoms with Gasteiger partial charge in [0.05, 0.1) is 10.2 Å². The van der Waals surface area contributed by atoms with E-state index in [1.54, 1.807) is 11.3 Å². The van der Waals surface area contributed by atoms with E-state index in [9.17, 15) is 0 Å². The van der Waals surface area contributed by atoms with Gasteiger partial charge in [0.15, 0.2) is 5.13 Å². The van der Waals surface area contributed by atoms with Crippen LogP contribution in [0.2, 0.25) is 0 Å². The molecule has 0 amide bonds. The van der Waals surface area contributed by atoms with E-state index >= 15 is 0 Å². The fraction of sp³-hybridized carbons (Fsp3) is 0.462. The van der Waals surface area contributed by atoms with Crippen LogP contribution in [-0.2, 0) is 12.8 Å². The minimum atomic E-state index is 0.610. The second kappa shape index (κ2) is 4.27. The molecule has 2 aromatic rings. The van der Waals surface area contributed by atoms with E-state index in [2.05, 4.69) is 29.4 Å². The Morgan fingerprint density at radius 3 is 2.94 bits per heavy atom. The lowest BCUT2D eigenvalue weighted by atomic mass is 10.1. The molecule has 0 aliphatic heterocycles. The SMILES string of the molecule is CCCNC1Cc2cc3nc(N)sc3cc2C1. The van der Waals surface area contributed by atoms with Gasteiger partial charge in [-0.1, -0.05) is 18.3 Å². The van der Waals surface area contributed by atoms with Crippen LogP contribution in [0.15, 0.2) is 12.1 Å². The number of anilines is 1. The maximum atomic E-state index is 5.74. The number of rotatable bonds is 3. The number of nitrogens with two attached hydrogens (primary N) is 1. The maximum absolute atomic E-state index is 5.74. The summed E-state index contributed by atoms with van der Waals surface area (Å²) in [5.41, 5.74) is 9.70. The first-order chi connectivity index (χ1) is 8.26. The fourth-order valence-corrected chi connectivity index (χ4v) is 3.33. The average Bonchev–Trinajstić information content (AvgIpc) is 2.83. The summed E-state index contributed by atoms with van der Waals surface area (Å²) >= 11 is 1.58. The van der Waals surface area contributed by atoms with Gasteiger partial charge in [0.1, 0.15) is 0 Å². The lowest BCUT2D eigenvalue weighted by Crippen LogP contribution is -2.29. The monoisotopic (exact) mass is 247 g/mol. The maximum Gasteiger partial charge on any atom is 0.181 e. The van der Waals surface area contributed by atoms with Gasteiger partial charge in [-0.2, -0.15) is 0 Å². The van der Waals surface area contributed by atoms with Gasteiger partial charge in [-0.05, 0) is 49.1 Å². The molecule has 3 rings (SSSR count). The van der Waals surface area contributed by atoms with Crippen LogP contribution in [0.3, 0.4) is 0 Å². The van der Waals surface area contributed by atoms with Crippen molar-refractivity contribution in [2.75, 3.05) is 12.3 Å². The van der Waals surface area contributed by atoms with Crippen molar-refractivity contribution in [3.8, 4) is 0 Å². The van der Waals surface area contributed by atoms with Crippen molar-refractivity contribution in [3.05, 3.63) is 23.3 Å². The number of fused-ring (bicyclic) bond motifs is 2. The number of hydrogen-bond donors (Lipinski definition) is 2. The zero-order valence-electron chi connectivity index (χ0n) is 9.99. The van der Waals surface area contributed by atoms with Crippen LogP contribution in [0, 0.1) is 0 Å². The van der Waals surface area contributed by atoms with Gasteiger partial charge in [0.2, 0.25) is 0 Å². The first-order valence-corrected chi connectivity index (χ1v) is 6.99. The highest BCUT2D eigenvalue weighted by molar-refractivity contribution is 7.22. The molecular formula is C13H17N3S. The van der Waals surface area contributed by atoms with Crippen LogP contribution < -0.4 is 11.1 Å². The Morgan fingerprint density at radius 2 is 2.18 bits per heavy atom. The average molecular weight is 247 g/mol. The molecule has 0 spiro atoms. The zero-order chi connectivity index (χ0) is 11.8. The number of hydrogen-bond acceptors (Lipinski definition) is 4. The molecule has 1 unspecified atom stereocenters.